The molecule has 2 aromatic rings. The smallest absolute Gasteiger partial charge is 0.241 e. The van der Waals surface area contributed by atoms with E-state index in [9.17, 15) is 4.79 Å². The first-order chi connectivity index (χ1) is 13.5. The van der Waals surface area contributed by atoms with E-state index in [0.717, 1.165) is 44.0 Å². The van der Waals surface area contributed by atoms with E-state index in [0.29, 0.717) is 13.1 Å². The minimum absolute atomic E-state index is 0.166. The highest BCUT2D eigenvalue weighted by molar-refractivity contribution is 5.95. The first-order valence-corrected chi connectivity index (χ1v) is 10.0. The predicted molar refractivity (Wildman–Crippen MR) is 115 cm³/mol. The number of amides is 1. The Morgan fingerprint density at radius 2 is 1.54 bits per heavy atom. The zero-order valence-electron chi connectivity index (χ0n) is 17.3. The minimum Gasteiger partial charge on any atom is -0.307 e. The van der Waals surface area contributed by atoms with Crippen molar-refractivity contribution in [2.45, 2.75) is 13.1 Å². The molecule has 150 valence electrons. The van der Waals surface area contributed by atoms with Gasteiger partial charge in [0.15, 0.2) is 0 Å². The highest BCUT2D eigenvalue weighted by atomic mass is 16.2. The molecule has 28 heavy (non-hydrogen) atoms. The van der Waals surface area contributed by atoms with Crippen LogP contribution < -0.4 is 4.90 Å². The first-order valence-electron chi connectivity index (χ1n) is 10.0. The van der Waals surface area contributed by atoms with Gasteiger partial charge in [0.1, 0.15) is 0 Å². The molecule has 1 amide bonds. The molecular weight excluding hydrogens is 348 g/mol. The number of hydrogen-bond acceptors (Lipinski definition) is 4. The van der Waals surface area contributed by atoms with Gasteiger partial charge in [-0.05, 0) is 38.3 Å². The molecule has 0 aromatic heterocycles. The first kappa shape index (κ1) is 20.5. The van der Waals surface area contributed by atoms with Crippen LogP contribution in [0.3, 0.4) is 0 Å². The second-order valence-electron chi connectivity index (χ2n) is 7.91. The number of rotatable bonds is 7. The molecule has 0 unspecified atom stereocenters. The fourth-order valence-corrected chi connectivity index (χ4v) is 3.60. The fourth-order valence-electron chi connectivity index (χ4n) is 3.60. The molecule has 1 aliphatic rings. The molecule has 1 fully saturated rings. The SMILES string of the molecule is CN(C)Cc1ccccc1N(Cc1ccccc1)C(=O)CN1CCN(C)CC1. The van der Waals surface area contributed by atoms with Crippen molar-refractivity contribution >= 4 is 11.6 Å². The summed E-state index contributed by atoms with van der Waals surface area (Å²) in [5.74, 6) is 0.166. The van der Waals surface area contributed by atoms with E-state index in [4.69, 9.17) is 0 Å². The molecule has 0 aliphatic carbocycles. The van der Waals surface area contributed by atoms with E-state index in [1.807, 2.05) is 35.2 Å². The molecule has 0 bridgehead atoms. The van der Waals surface area contributed by atoms with E-state index in [1.165, 1.54) is 5.56 Å². The van der Waals surface area contributed by atoms with Gasteiger partial charge in [-0.25, -0.2) is 0 Å². The summed E-state index contributed by atoms with van der Waals surface area (Å²) in [7, 11) is 6.26. The Hall–Kier alpha value is -2.21. The Morgan fingerprint density at radius 1 is 0.893 bits per heavy atom. The maximum Gasteiger partial charge on any atom is 0.241 e. The van der Waals surface area contributed by atoms with Gasteiger partial charge in [0.25, 0.3) is 0 Å². The average Bonchev–Trinajstić information content (AvgIpc) is 2.69. The third-order valence-electron chi connectivity index (χ3n) is 5.21. The molecule has 5 heteroatoms. The zero-order chi connectivity index (χ0) is 19.9. The lowest BCUT2D eigenvalue weighted by molar-refractivity contribution is -0.120. The summed E-state index contributed by atoms with van der Waals surface area (Å²) in [6.45, 7) is 5.80. The van der Waals surface area contributed by atoms with Gasteiger partial charge >= 0.3 is 0 Å². The van der Waals surface area contributed by atoms with Crippen molar-refractivity contribution < 1.29 is 4.79 Å². The Morgan fingerprint density at radius 3 is 2.21 bits per heavy atom. The summed E-state index contributed by atoms with van der Waals surface area (Å²) in [5, 5.41) is 0. The number of nitrogens with zero attached hydrogens (tertiary/aromatic N) is 4. The quantitative estimate of drug-likeness (QED) is 0.738. The highest BCUT2D eigenvalue weighted by Gasteiger charge is 2.23. The number of anilines is 1. The Labute approximate surface area is 169 Å². The third-order valence-corrected chi connectivity index (χ3v) is 5.21. The van der Waals surface area contributed by atoms with Crippen LogP contribution >= 0.6 is 0 Å². The summed E-state index contributed by atoms with van der Waals surface area (Å²) >= 11 is 0. The fraction of sp³-hybridized carbons (Fsp3) is 0.435. The monoisotopic (exact) mass is 380 g/mol. The van der Waals surface area contributed by atoms with Gasteiger partial charge < -0.3 is 14.7 Å². The van der Waals surface area contributed by atoms with Gasteiger partial charge in [-0.3, -0.25) is 9.69 Å². The molecule has 1 saturated heterocycles. The summed E-state index contributed by atoms with van der Waals surface area (Å²) in [4.78, 5) is 22.1. The molecule has 0 N–H and O–H groups in total. The molecule has 0 saturated carbocycles. The second kappa shape index (κ2) is 9.82. The van der Waals surface area contributed by atoms with Crippen LogP contribution in [0.25, 0.3) is 0 Å². The van der Waals surface area contributed by atoms with Crippen LogP contribution in [0.15, 0.2) is 54.6 Å². The lowest BCUT2D eigenvalue weighted by atomic mass is 10.1. The summed E-state index contributed by atoms with van der Waals surface area (Å²) in [6, 6.07) is 18.5. The maximum absolute atomic E-state index is 13.4. The molecule has 0 atom stereocenters. The van der Waals surface area contributed by atoms with E-state index in [1.54, 1.807) is 0 Å². The average molecular weight is 381 g/mol. The predicted octanol–water partition coefficient (Wildman–Crippen LogP) is 2.53. The normalized spacial score (nSPS) is 15.7. The number of carbonyl (C=O) groups excluding carboxylic acids is 1. The van der Waals surface area contributed by atoms with Crippen LogP contribution in [0, 0.1) is 0 Å². The number of benzene rings is 2. The molecule has 5 nitrogen and oxygen atoms in total. The van der Waals surface area contributed by atoms with Gasteiger partial charge in [-0.2, -0.15) is 0 Å². The number of carbonyl (C=O) groups is 1. The molecule has 1 aliphatic heterocycles. The van der Waals surface area contributed by atoms with Crippen LogP contribution in [0.2, 0.25) is 0 Å². The second-order valence-corrected chi connectivity index (χ2v) is 7.91. The Kier molecular flexibility index (Phi) is 7.20. The van der Waals surface area contributed by atoms with Crippen molar-refractivity contribution in [3.05, 3.63) is 65.7 Å². The Balaban J connectivity index is 1.84. The van der Waals surface area contributed by atoms with Crippen LogP contribution in [-0.4, -0.2) is 74.5 Å². The number of likely N-dealkylation sites (N-methyl/N-ethyl adjacent to an activating group) is 1. The van der Waals surface area contributed by atoms with Gasteiger partial charge in [-0.1, -0.05) is 48.5 Å². The van der Waals surface area contributed by atoms with Crippen LogP contribution in [0.5, 0.6) is 0 Å². The molecule has 0 radical (unpaired) electrons. The lowest BCUT2D eigenvalue weighted by Gasteiger charge is -2.34. The van der Waals surface area contributed by atoms with Gasteiger partial charge in [0.05, 0.1) is 13.1 Å². The van der Waals surface area contributed by atoms with E-state index >= 15 is 0 Å². The lowest BCUT2D eigenvalue weighted by Crippen LogP contribution is -2.49. The number of para-hydroxylation sites is 1. The van der Waals surface area contributed by atoms with Crippen LogP contribution in [0.1, 0.15) is 11.1 Å². The van der Waals surface area contributed by atoms with Crippen LogP contribution in [-0.2, 0) is 17.9 Å². The zero-order valence-corrected chi connectivity index (χ0v) is 17.3. The maximum atomic E-state index is 13.4. The molecule has 1 heterocycles. The minimum atomic E-state index is 0.166. The van der Waals surface area contributed by atoms with Gasteiger partial charge in [0, 0.05) is 38.4 Å². The molecular formula is C23H32N4O. The Bertz CT molecular complexity index is 754. The van der Waals surface area contributed by atoms with E-state index < -0.39 is 0 Å². The van der Waals surface area contributed by atoms with Crippen molar-refractivity contribution in [2.75, 3.05) is 58.8 Å². The van der Waals surface area contributed by atoms with Crippen molar-refractivity contribution in [3.63, 3.8) is 0 Å². The summed E-state index contributed by atoms with van der Waals surface area (Å²) in [5.41, 5.74) is 3.34. The highest BCUT2D eigenvalue weighted by Crippen LogP contribution is 2.24. The van der Waals surface area contributed by atoms with Gasteiger partial charge in [0.2, 0.25) is 5.91 Å². The van der Waals surface area contributed by atoms with Crippen molar-refractivity contribution in [1.29, 1.82) is 0 Å². The summed E-state index contributed by atoms with van der Waals surface area (Å²) in [6.07, 6.45) is 0. The molecule has 0 spiro atoms. The van der Waals surface area contributed by atoms with Crippen molar-refractivity contribution in [2.24, 2.45) is 0 Å². The van der Waals surface area contributed by atoms with Gasteiger partial charge in [-0.15, -0.1) is 0 Å². The standard InChI is InChI=1S/C23H32N4O/c1-24(2)18-21-11-7-8-12-22(21)27(17-20-9-5-4-6-10-20)23(28)19-26-15-13-25(3)14-16-26/h4-12H,13-19H2,1-3H3. The van der Waals surface area contributed by atoms with Crippen LogP contribution in [0.4, 0.5) is 5.69 Å². The number of piperazine rings is 1. The van der Waals surface area contributed by atoms with Crippen molar-refractivity contribution in [1.82, 2.24) is 14.7 Å². The number of hydrogen-bond donors (Lipinski definition) is 0. The van der Waals surface area contributed by atoms with Crippen molar-refractivity contribution in [3.8, 4) is 0 Å². The topological polar surface area (TPSA) is 30.0 Å². The molecule has 3 rings (SSSR count). The van der Waals surface area contributed by atoms with E-state index in [-0.39, 0.29) is 5.91 Å². The largest absolute Gasteiger partial charge is 0.307 e. The van der Waals surface area contributed by atoms with E-state index in [2.05, 4.69) is 60.1 Å². The molecule has 2 aromatic carbocycles. The summed E-state index contributed by atoms with van der Waals surface area (Å²) < 4.78 is 0. The third kappa shape index (κ3) is 5.64.